The summed E-state index contributed by atoms with van der Waals surface area (Å²) in [6, 6.07) is 0.651. The normalized spacial score (nSPS) is 23.1. The second-order valence-corrected chi connectivity index (χ2v) is 5.89. The third-order valence-electron chi connectivity index (χ3n) is 4.32. The molecule has 2 aromatic rings. The van der Waals surface area contributed by atoms with Crippen molar-refractivity contribution in [2.75, 3.05) is 24.5 Å². The number of aromatic nitrogens is 4. The molecule has 4 rings (SSSR count). The van der Waals surface area contributed by atoms with Gasteiger partial charge in [0, 0.05) is 12.6 Å². The van der Waals surface area contributed by atoms with Crippen molar-refractivity contribution in [2.45, 2.75) is 31.7 Å². The van der Waals surface area contributed by atoms with Crippen LogP contribution in [0.4, 0.5) is 5.82 Å². The lowest BCUT2D eigenvalue weighted by Crippen LogP contribution is -2.39. The first kappa shape index (κ1) is 12.1. The highest BCUT2D eigenvalue weighted by Gasteiger charge is 2.33. The SMILES string of the molecule is c1nc(N(CC2CCCNC2)C2CC2)c2[nH]cnc2n1. The predicted molar refractivity (Wildman–Crippen MR) is 77.6 cm³/mol. The van der Waals surface area contributed by atoms with Crippen molar-refractivity contribution in [1.29, 1.82) is 0 Å². The molecule has 6 heteroatoms. The number of piperidine rings is 1. The Morgan fingerprint density at radius 3 is 2.95 bits per heavy atom. The zero-order valence-corrected chi connectivity index (χ0v) is 11.5. The molecule has 1 unspecified atom stereocenters. The molecule has 6 nitrogen and oxygen atoms in total. The van der Waals surface area contributed by atoms with E-state index in [1.54, 1.807) is 12.7 Å². The van der Waals surface area contributed by atoms with Crippen molar-refractivity contribution >= 4 is 17.0 Å². The molecule has 20 heavy (non-hydrogen) atoms. The van der Waals surface area contributed by atoms with Gasteiger partial charge >= 0.3 is 0 Å². The van der Waals surface area contributed by atoms with Crippen molar-refractivity contribution < 1.29 is 0 Å². The van der Waals surface area contributed by atoms with Gasteiger partial charge in [-0.1, -0.05) is 0 Å². The Morgan fingerprint density at radius 2 is 2.15 bits per heavy atom. The van der Waals surface area contributed by atoms with Crippen molar-refractivity contribution in [2.24, 2.45) is 5.92 Å². The van der Waals surface area contributed by atoms with E-state index in [4.69, 9.17) is 0 Å². The lowest BCUT2D eigenvalue weighted by atomic mass is 9.99. The number of hydrogen-bond donors (Lipinski definition) is 2. The largest absolute Gasteiger partial charge is 0.351 e. The van der Waals surface area contributed by atoms with E-state index in [2.05, 4.69) is 30.2 Å². The van der Waals surface area contributed by atoms with Crippen molar-refractivity contribution in [3.05, 3.63) is 12.7 Å². The standard InChI is InChI=1S/C14H20N6/c1-2-10(6-15-5-1)7-20(11-3-4-11)14-12-13(17-8-16-12)18-9-19-14/h8-11,15H,1-7H2,(H,16,17,18,19). The monoisotopic (exact) mass is 272 g/mol. The molecule has 0 amide bonds. The zero-order valence-electron chi connectivity index (χ0n) is 11.5. The summed E-state index contributed by atoms with van der Waals surface area (Å²) < 4.78 is 0. The number of hydrogen-bond acceptors (Lipinski definition) is 5. The van der Waals surface area contributed by atoms with Crippen LogP contribution >= 0.6 is 0 Å². The van der Waals surface area contributed by atoms with Crippen LogP contribution in [0.25, 0.3) is 11.2 Å². The number of anilines is 1. The number of nitrogens with one attached hydrogen (secondary N) is 2. The van der Waals surface area contributed by atoms with Crippen molar-refractivity contribution in [3.63, 3.8) is 0 Å². The molecule has 1 atom stereocenters. The Balaban J connectivity index is 1.63. The van der Waals surface area contributed by atoms with Gasteiger partial charge in [-0.15, -0.1) is 0 Å². The van der Waals surface area contributed by atoms with Crippen LogP contribution in [0.5, 0.6) is 0 Å². The third-order valence-corrected chi connectivity index (χ3v) is 4.32. The molecule has 0 bridgehead atoms. The molecular weight excluding hydrogens is 252 g/mol. The minimum atomic E-state index is 0.651. The van der Waals surface area contributed by atoms with Gasteiger partial charge in [-0.25, -0.2) is 15.0 Å². The van der Waals surface area contributed by atoms with Crippen LogP contribution in [-0.2, 0) is 0 Å². The van der Waals surface area contributed by atoms with Gasteiger partial charge in [-0.3, -0.25) is 0 Å². The van der Waals surface area contributed by atoms with Gasteiger partial charge in [-0.2, -0.15) is 0 Å². The molecule has 106 valence electrons. The minimum Gasteiger partial charge on any atom is -0.351 e. The number of imidazole rings is 1. The maximum Gasteiger partial charge on any atom is 0.182 e. The fraction of sp³-hybridized carbons (Fsp3) is 0.643. The lowest BCUT2D eigenvalue weighted by Gasteiger charge is -2.31. The third kappa shape index (κ3) is 2.24. The molecule has 1 saturated heterocycles. The summed E-state index contributed by atoms with van der Waals surface area (Å²) >= 11 is 0. The second kappa shape index (κ2) is 5.01. The van der Waals surface area contributed by atoms with Gasteiger partial charge in [0.05, 0.1) is 6.33 Å². The first-order valence-electron chi connectivity index (χ1n) is 7.53. The molecule has 1 aliphatic heterocycles. The molecule has 2 aromatic heterocycles. The second-order valence-electron chi connectivity index (χ2n) is 5.89. The van der Waals surface area contributed by atoms with Gasteiger partial charge in [0.25, 0.3) is 0 Å². The van der Waals surface area contributed by atoms with Crippen LogP contribution in [-0.4, -0.2) is 45.6 Å². The molecule has 0 spiro atoms. The maximum absolute atomic E-state index is 4.53. The van der Waals surface area contributed by atoms with Gasteiger partial charge < -0.3 is 15.2 Å². The van der Waals surface area contributed by atoms with Gasteiger partial charge in [0.2, 0.25) is 0 Å². The van der Waals surface area contributed by atoms with Crippen LogP contribution in [0.3, 0.4) is 0 Å². The molecule has 1 saturated carbocycles. The van der Waals surface area contributed by atoms with Gasteiger partial charge in [0.1, 0.15) is 11.8 Å². The molecule has 2 fully saturated rings. The molecule has 2 N–H and O–H groups in total. The molecule has 3 heterocycles. The summed E-state index contributed by atoms with van der Waals surface area (Å²) in [6.07, 6.45) is 8.49. The Kier molecular flexibility index (Phi) is 3.03. The van der Waals surface area contributed by atoms with E-state index >= 15 is 0 Å². The summed E-state index contributed by atoms with van der Waals surface area (Å²) in [5, 5.41) is 3.50. The minimum absolute atomic E-state index is 0.651. The fourth-order valence-electron chi connectivity index (χ4n) is 3.12. The van der Waals surface area contributed by atoms with Crippen LogP contribution < -0.4 is 10.2 Å². The van der Waals surface area contributed by atoms with E-state index < -0.39 is 0 Å². The Morgan fingerprint density at radius 1 is 1.20 bits per heavy atom. The average Bonchev–Trinajstić information content (AvgIpc) is 3.22. The van der Waals surface area contributed by atoms with E-state index in [0.717, 1.165) is 42.5 Å². The molecular formula is C14H20N6. The topological polar surface area (TPSA) is 69.7 Å². The van der Waals surface area contributed by atoms with E-state index in [1.165, 1.54) is 25.7 Å². The highest BCUT2D eigenvalue weighted by Crippen LogP contribution is 2.34. The molecule has 0 radical (unpaired) electrons. The first-order chi connectivity index (χ1) is 9.92. The van der Waals surface area contributed by atoms with Crippen molar-refractivity contribution in [3.8, 4) is 0 Å². The number of H-pyrrole nitrogens is 1. The summed E-state index contributed by atoms with van der Waals surface area (Å²) in [6.45, 7) is 3.38. The van der Waals surface area contributed by atoms with Crippen LogP contribution in [0, 0.1) is 5.92 Å². The highest BCUT2D eigenvalue weighted by molar-refractivity contribution is 5.83. The van der Waals surface area contributed by atoms with E-state index in [0.29, 0.717) is 6.04 Å². The van der Waals surface area contributed by atoms with Crippen molar-refractivity contribution in [1.82, 2.24) is 25.3 Å². The first-order valence-corrected chi connectivity index (χ1v) is 7.53. The summed E-state index contributed by atoms with van der Waals surface area (Å²) in [4.78, 5) is 18.7. The predicted octanol–water partition coefficient (Wildman–Crippen LogP) is 1.32. The molecule has 1 aliphatic carbocycles. The van der Waals surface area contributed by atoms with Gasteiger partial charge in [-0.05, 0) is 44.7 Å². The number of fused-ring (bicyclic) bond motifs is 1. The summed E-state index contributed by atoms with van der Waals surface area (Å²) in [5.41, 5.74) is 1.74. The maximum atomic E-state index is 4.53. The summed E-state index contributed by atoms with van der Waals surface area (Å²) in [7, 11) is 0. The fourth-order valence-corrected chi connectivity index (χ4v) is 3.12. The Labute approximate surface area is 118 Å². The Bertz CT molecular complexity index is 584. The summed E-state index contributed by atoms with van der Waals surface area (Å²) in [5.74, 6) is 1.75. The molecule has 2 aliphatic rings. The van der Waals surface area contributed by atoms with Crippen LogP contribution in [0.15, 0.2) is 12.7 Å². The molecule has 0 aromatic carbocycles. The van der Waals surface area contributed by atoms with Crippen LogP contribution in [0.2, 0.25) is 0 Å². The van der Waals surface area contributed by atoms with Gasteiger partial charge in [0.15, 0.2) is 11.5 Å². The van der Waals surface area contributed by atoms with E-state index in [9.17, 15) is 0 Å². The van der Waals surface area contributed by atoms with Crippen LogP contribution in [0.1, 0.15) is 25.7 Å². The quantitative estimate of drug-likeness (QED) is 0.878. The number of rotatable bonds is 4. The zero-order chi connectivity index (χ0) is 13.4. The van der Waals surface area contributed by atoms with E-state index in [1.807, 2.05) is 0 Å². The highest BCUT2D eigenvalue weighted by atomic mass is 15.3. The number of aromatic amines is 1. The van der Waals surface area contributed by atoms with E-state index in [-0.39, 0.29) is 0 Å². The number of nitrogens with zero attached hydrogens (tertiary/aromatic N) is 4. The average molecular weight is 272 g/mol. The Hall–Kier alpha value is -1.69. The lowest BCUT2D eigenvalue weighted by molar-refractivity contribution is 0.375. The smallest absolute Gasteiger partial charge is 0.182 e.